The summed E-state index contributed by atoms with van der Waals surface area (Å²) in [7, 11) is 1.81. The van der Waals surface area contributed by atoms with E-state index in [-0.39, 0.29) is 0 Å². The standard InChI is InChI=1S/C14H14ClN5/c1-3-12-19-13(17-2)7-14(20-12)18-11-5-4-9(8-16)6-10(11)15/h4-7H,3H2,1-2H3,(H2,17,18,19,20). The number of hydrogen-bond donors (Lipinski definition) is 2. The summed E-state index contributed by atoms with van der Waals surface area (Å²) in [4.78, 5) is 8.72. The molecule has 0 atom stereocenters. The Morgan fingerprint density at radius 1 is 1.25 bits per heavy atom. The fourth-order valence-corrected chi connectivity index (χ4v) is 1.90. The van der Waals surface area contributed by atoms with Crippen LogP contribution >= 0.6 is 11.6 Å². The van der Waals surface area contributed by atoms with E-state index in [0.717, 1.165) is 18.1 Å². The van der Waals surface area contributed by atoms with Crippen LogP contribution in [0.25, 0.3) is 0 Å². The Balaban J connectivity index is 2.32. The third kappa shape index (κ3) is 3.16. The van der Waals surface area contributed by atoms with Gasteiger partial charge < -0.3 is 10.6 Å². The second-order valence-electron chi connectivity index (χ2n) is 4.09. The predicted octanol–water partition coefficient (Wildman–Crippen LogP) is 3.35. The molecule has 2 aromatic rings. The first-order chi connectivity index (χ1) is 9.66. The summed E-state index contributed by atoms with van der Waals surface area (Å²) < 4.78 is 0. The first kappa shape index (κ1) is 14.1. The topological polar surface area (TPSA) is 73.6 Å². The van der Waals surface area contributed by atoms with Gasteiger partial charge in [-0.15, -0.1) is 0 Å². The van der Waals surface area contributed by atoms with Crippen molar-refractivity contribution in [2.45, 2.75) is 13.3 Å². The zero-order chi connectivity index (χ0) is 14.5. The predicted molar refractivity (Wildman–Crippen MR) is 80.4 cm³/mol. The average molecular weight is 288 g/mol. The molecule has 0 bridgehead atoms. The maximum atomic E-state index is 8.82. The second-order valence-corrected chi connectivity index (χ2v) is 4.50. The van der Waals surface area contributed by atoms with Gasteiger partial charge in [-0.05, 0) is 18.2 Å². The molecule has 0 aliphatic carbocycles. The molecule has 0 aliphatic rings. The second kappa shape index (κ2) is 6.22. The highest BCUT2D eigenvalue weighted by molar-refractivity contribution is 6.33. The van der Waals surface area contributed by atoms with Crippen molar-refractivity contribution in [1.29, 1.82) is 5.26 Å². The normalized spacial score (nSPS) is 9.90. The lowest BCUT2D eigenvalue weighted by molar-refractivity contribution is 0.945. The summed E-state index contributed by atoms with van der Waals surface area (Å²) in [6.07, 6.45) is 0.741. The van der Waals surface area contributed by atoms with Crippen LogP contribution < -0.4 is 10.6 Å². The van der Waals surface area contributed by atoms with Crippen LogP contribution in [0.5, 0.6) is 0 Å². The van der Waals surface area contributed by atoms with Crippen molar-refractivity contribution in [3.05, 3.63) is 40.7 Å². The molecule has 2 rings (SSSR count). The van der Waals surface area contributed by atoms with Crippen molar-refractivity contribution in [1.82, 2.24) is 9.97 Å². The Kier molecular flexibility index (Phi) is 4.38. The van der Waals surface area contributed by atoms with Gasteiger partial charge in [-0.25, -0.2) is 9.97 Å². The smallest absolute Gasteiger partial charge is 0.136 e. The van der Waals surface area contributed by atoms with E-state index >= 15 is 0 Å². The Labute approximate surface area is 122 Å². The number of nitriles is 1. The van der Waals surface area contributed by atoms with E-state index in [9.17, 15) is 0 Å². The molecule has 0 saturated carbocycles. The van der Waals surface area contributed by atoms with Crippen molar-refractivity contribution in [3.8, 4) is 6.07 Å². The summed E-state index contributed by atoms with van der Waals surface area (Å²) in [6, 6.07) is 8.92. The van der Waals surface area contributed by atoms with Crippen LogP contribution in [0.4, 0.5) is 17.3 Å². The molecule has 2 N–H and O–H groups in total. The van der Waals surface area contributed by atoms with E-state index in [1.54, 1.807) is 31.3 Å². The highest BCUT2D eigenvalue weighted by Crippen LogP contribution is 2.26. The fourth-order valence-electron chi connectivity index (χ4n) is 1.67. The third-order valence-corrected chi connectivity index (χ3v) is 3.02. The van der Waals surface area contributed by atoms with Crippen molar-refractivity contribution in [3.63, 3.8) is 0 Å². The zero-order valence-electron chi connectivity index (χ0n) is 11.2. The number of aromatic nitrogens is 2. The molecule has 20 heavy (non-hydrogen) atoms. The van der Waals surface area contributed by atoms with Crippen molar-refractivity contribution in [2.24, 2.45) is 0 Å². The molecule has 102 valence electrons. The molecular weight excluding hydrogens is 274 g/mol. The molecule has 0 unspecified atom stereocenters. The molecule has 0 aliphatic heterocycles. The molecule has 0 amide bonds. The average Bonchev–Trinajstić information content (AvgIpc) is 2.48. The maximum Gasteiger partial charge on any atom is 0.136 e. The number of nitrogens with zero attached hydrogens (tertiary/aromatic N) is 3. The van der Waals surface area contributed by atoms with Gasteiger partial charge in [0.2, 0.25) is 0 Å². The van der Waals surface area contributed by atoms with Crippen LogP contribution in [0.2, 0.25) is 5.02 Å². The molecule has 0 radical (unpaired) electrons. The van der Waals surface area contributed by atoms with Gasteiger partial charge in [0.25, 0.3) is 0 Å². The molecule has 6 heteroatoms. The fraction of sp³-hybridized carbons (Fsp3) is 0.214. The lowest BCUT2D eigenvalue weighted by Gasteiger charge is -2.10. The lowest BCUT2D eigenvalue weighted by atomic mass is 10.2. The molecule has 0 fully saturated rings. The maximum absolute atomic E-state index is 8.82. The minimum absolute atomic E-state index is 0.478. The molecule has 1 heterocycles. The van der Waals surface area contributed by atoms with Crippen LogP contribution in [-0.2, 0) is 6.42 Å². The van der Waals surface area contributed by atoms with Gasteiger partial charge >= 0.3 is 0 Å². The number of aryl methyl sites for hydroxylation is 1. The minimum Gasteiger partial charge on any atom is -0.373 e. The number of anilines is 3. The van der Waals surface area contributed by atoms with Crippen molar-refractivity contribution >= 4 is 28.9 Å². The lowest BCUT2D eigenvalue weighted by Crippen LogP contribution is -2.03. The van der Waals surface area contributed by atoms with E-state index < -0.39 is 0 Å². The molecule has 0 saturated heterocycles. The van der Waals surface area contributed by atoms with Crippen LogP contribution in [0.3, 0.4) is 0 Å². The Morgan fingerprint density at radius 2 is 2.00 bits per heavy atom. The minimum atomic E-state index is 0.478. The number of hydrogen-bond acceptors (Lipinski definition) is 5. The van der Waals surface area contributed by atoms with Gasteiger partial charge in [0.05, 0.1) is 22.3 Å². The number of halogens is 1. The van der Waals surface area contributed by atoms with Crippen LogP contribution in [0.15, 0.2) is 24.3 Å². The van der Waals surface area contributed by atoms with Gasteiger partial charge in [-0.2, -0.15) is 5.26 Å². The van der Waals surface area contributed by atoms with E-state index in [2.05, 4.69) is 20.6 Å². The van der Waals surface area contributed by atoms with Gasteiger partial charge in [-0.3, -0.25) is 0 Å². The first-order valence-corrected chi connectivity index (χ1v) is 6.56. The molecule has 5 nitrogen and oxygen atoms in total. The Hall–Kier alpha value is -2.32. The number of benzene rings is 1. The number of rotatable bonds is 4. The number of nitrogens with one attached hydrogen (secondary N) is 2. The van der Waals surface area contributed by atoms with Crippen LogP contribution in [0, 0.1) is 11.3 Å². The Bertz CT molecular complexity index is 641. The molecular formula is C14H14ClN5. The Morgan fingerprint density at radius 3 is 2.60 bits per heavy atom. The van der Waals surface area contributed by atoms with E-state index in [1.807, 2.05) is 13.0 Å². The summed E-state index contributed by atoms with van der Waals surface area (Å²) >= 11 is 6.13. The summed E-state index contributed by atoms with van der Waals surface area (Å²) in [5, 5.41) is 15.4. The van der Waals surface area contributed by atoms with E-state index in [0.29, 0.717) is 22.1 Å². The van der Waals surface area contributed by atoms with Gasteiger partial charge in [0, 0.05) is 19.5 Å². The van der Waals surface area contributed by atoms with Crippen molar-refractivity contribution in [2.75, 3.05) is 17.7 Å². The van der Waals surface area contributed by atoms with E-state index in [4.69, 9.17) is 16.9 Å². The van der Waals surface area contributed by atoms with Crippen LogP contribution in [0.1, 0.15) is 18.3 Å². The van der Waals surface area contributed by atoms with Gasteiger partial charge in [0.1, 0.15) is 17.5 Å². The summed E-state index contributed by atoms with van der Waals surface area (Å²) in [5.41, 5.74) is 1.22. The monoisotopic (exact) mass is 287 g/mol. The van der Waals surface area contributed by atoms with Gasteiger partial charge in [-0.1, -0.05) is 18.5 Å². The first-order valence-electron chi connectivity index (χ1n) is 6.18. The summed E-state index contributed by atoms with van der Waals surface area (Å²) in [6.45, 7) is 1.99. The highest BCUT2D eigenvalue weighted by Gasteiger charge is 2.06. The van der Waals surface area contributed by atoms with Crippen LogP contribution in [-0.4, -0.2) is 17.0 Å². The molecule has 1 aromatic carbocycles. The molecule has 0 spiro atoms. The highest BCUT2D eigenvalue weighted by atomic mass is 35.5. The largest absolute Gasteiger partial charge is 0.373 e. The quantitative estimate of drug-likeness (QED) is 0.902. The third-order valence-electron chi connectivity index (χ3n) is 2.71. The SMILES string of the molecule is CCc1nc(NC)cc(Nc2ccc(C#N)cc2Cl)n1. The van der Waals surface area contributed by atoms with E-state index in [1.165, 1.54) is 0 Å². The van der Waals surface area contributed by atoms with Gasteiger partial charge in [0.15, 0.2) is 0 Å². The molecule has 1 aromatic heterocycles. The summed E-state index contributed by atoms with van der Waals surface area (Å²) in [5.74, 6) is 2.14. The zero-order valence-corrected chi connectivity index (χ0v) is 12.0. The van der Waals surface area contributed by atoms with Crippen molar-refractivity contribution < 1.29 is 0 Å².